The molecule has 6 heteroatoms. The van der Waals surface area contributed by atoms with Gasteiger partial charge in [0.25, 0.3) is 6.43 Å². The Labute approximate surface area is 72.0 Å². The zero-order valence-electron chi connectivity index (χ0n) is 6.48. The average Bonchev–Trinajstić information content (AvgIpc) is 2.49. The zero-order valence-corrected chi connectivity index (χ0v) is 6.48. The number of nitrogen functional groups attached to an aromatic ring is 1. The van der Waals surface area contributed by atoms with Crippen molar-refractivity contribution in [2.24, 2.45) is 0 Å². The summed E-state index contributed by atoms with van der Waals surface area (Å²) in [6.07, 6.45) is -1.15. The van der Waals surface area contributed by atoms with E-state index in [-0.39, 0.29) is 11.5 Å². The SMILES string of the molecule is Nc1ccnc2cc(C(F)F)nn12. The van der Waals surface area contributed by atoms with Gasteiger partial charge in [0.1, 0.15) is 11.5 Å². The molecule has 0 saturated heterocycles. The van der Waals surface area contributed by atoms with Crippen LogP contribution >= 0.6 is 0 Å². The Morgan fingerprint density at radius 1 is 1.46 bits per heavy atom. The Bertz CT molecular complexity index is 437. The van der Waals surface area contributed by atoms with Crippen LogP contribution in [-0.2, 0) is 0 Å². The van der Waals surface area contributed by atoms with Crippen molar-refractivity contribution in [2.75, 3.05) is 5.73 Å². The van der Waals surface area contributed by atoms with Crippen molar-refractivity contribution < 1.29 is 8.78 Å². The summed E-state index contributed by atoms with van der Waals surface area (Å²) >= 11 is 0. The quantitative estimate of drug-likeness (QED) is 0.725. The van der Waals surface area contributed by atoms with E-state index in [1.807, 2.05) is 0 Å². The second-order valence-corrected chi connectivity index (χ2v) is 2.51. The maximum atomic E-state index is 12.2. The van der Waals surface area contributed by atoms with Crippen LogP contribution in [0, 0.1) is 0 Å². The van der Waals surface area contributed by atoms with E-state index in [1.165, 1.54) is 22.8 Å². The Morgan fingerprint density at radius 2 is 2.23 bits per heavy atom. The first-order chi connectivity index (χ1) is 6.18. The molecule has 0 radical (unpaired) electrons. The zero-order chi connectivity index (χ0) is 9.42. The maximum Gasteiger partial charge on any atom is 0.282 e. The van der Waals surface area contributed by atoms with Crippen LogP contribution < -0.4 is 5.73 Å². The molecule has 0 saturated carbocycles. The lowest BCUT2D eigenvalue weighted by molar-refractivity contribution is 0.145. The largest absolute Gasteiger partial charge is 0.384 e. The van der Waals surface area contributed by atoms with Crippen LogP contribution in [0.1, 0.15) is 12.1 Å². The fraction of sp³-hybridized carbons (Fsp3) is 0.143. The van der Waals surface area contributed by atoms with Crippen LogP contribution in [0.25, 0.3) is 5.65 Å². The third-order valence-electron chi connectivity index (χ3n) is 1.63. The summed E-state index contributed by atoms with van der Waals surface area (Å²) < 4.78 is 25.6. The molecular weight excluding hydrogens is 178 g/mol. The first-order valence-electron chi connectivity index (χ1n) is 3.57. The predicted octanol–water partition coefficient (Wildman–Crippen LogP) is 1.25. The Kier molecular flexibility index (Phi) is 1.61. The molecule has 2 aromatic rings. The van der Waals surface area contributed by atoms with E-state index in [0.717, 1.165) is 0 Å². The lowest BCUT2D eigenvalue weighted by atomic mass is 10.4. The third kappa shape index (κ3) is 1.20. The Hall–Kier alpha value is -1.72. The molecule has 0 bridgehead atoms. The van der Waals surface area contributed by atoms with Gasteiger partial charge in [-0.15, -0.1) is 0 Å². The van der Waals surface area contributed by atoms with E-state index in [1.54, 1.807) is 0 Å². The monoisotopic (exact) mass is 184 g/mol. The molecule has 0 aliphatic carbocycles. The summed E-state index contributed by atoms with van der Waals surface area (Å²) in [4.78, 5) is 3.83. The minimum absolute atomic E-state index is 0.289. The van der Waals surface area contributed by atoms with Crippen molar-refractivity contribution >= 4 is 11.5 Å². The second kappa shape index (κ2) is 2.65. The highest BCUT2D eigenvalue weighted by Gasteiger charge is 2.12. The normalized spacial score (nSPS) is 11.3. The number of rotatable bonds is 1. The molecule has 68 valence electrons. The molecule has 2 rings (SSSR count). The van der Waals surface area contributed by atoms with E-state index in [2.05, 4.69) is 10.1 Å². The van der Waals surface area contributed by atoms with Crippen molar-refractivity contribution in [3.05, 3.63) is 24.0 Å². The molecule has 2 aromatic heterocycles. The van der Waals surface area contributed by atoms with Gasteiger partial charge >= 0.3 is 0 Å². The van der Waals surface area contributed by atoms with E-state index in [9.17, 15) is 8.78 Å². The standard InChI is InChI=1S/C7H6F2N4/c8-7(9)4-3-6-11-2-1-5(10)13(6)12-4/h1-3,7H,10H2. The van der Waals surface area contributed by atoms with E-state index < -0.39 is 6.43 Å². The molecule has 0 unspecified atom stereocenters. The summed E-state index contributed by atoms with van der Waals surface area (Å²) in [6, 6.07) is 2.70. The Balaban J connectivity index is 2.68. The number of halogens is 2. The van der Waals surface area contributed by atoms with Crippen molar-refractivity contribution in [2.45, 2.75) is 6.43 Å². The molecular formula is C7H6F2N4. The first kappa shape index (κ1) is 7.90. The van der Waals surface area contributed by atoms with Crippen molar-refractivity contribution in [3.8, 4) is 0 Å². The summed E-state index contributed by atoms with van der Waals surface area (Å²) in [7, 11) is 0. The molecule has 2 N–H and O–H groups in total. The average molecular weight is 184 g/mol. The van der Waals surface area contributed by atoms with Crippen LogP contribution in [0.2, 0.25) is 0 Å². The van der Waals surface area contributed by atoms with Gasteiger partial charge in [0, 0.05) is 12.3 Å². The van der Waals surface area contributed by atoms with Crippen molar-refractivity contribution in [1.82, 2.24) is 14.6 Å². The molecule has 0 spiro atoms. The number of aromatic nitrogens is 3. The number of fused-ring (bicyclic) bond motifs is 1. The number of nitrogens with zero attached hydrogens (tertiary/aromatic N) is 3. The summed E-state index contributed by atoms with van der Waals surface area (Å²) in [5.74, 6) is 0.289. The topological polar surface area (TPSA) is 56.2 Å². The molecule has 4 nitrogen and oxygen atoms in total. The highest BCUT2D eigenvalue weighted by Crippen LogP contribution is 2.18. The minimum Gasteiger partial charge on any atom is -0.384 e. The van der Waals surface area contributed by atoms with Crippen molar-refractivity contribution in [3.63, 3.8) is 0 Å². The lowest BCUT2D eigenvalue weighted by Gasteiger charge is -1.95. The van der Waals surface area contributed by atoms with Gasteiger partial charge in [-0.2, -0.15) is 9.61 Å². The Morgan fingerprint density at radius 3 is 2.85 bits per heavy atom. The minimum atomic E-state index is -2.60. The van der Waals surface area contributed by atoms with Gasteiger partial charge in [-0.25, -0.2) is 13.8 Å². The molecule has 0 aromatic carbocycles. The van der Waals surface area contributed by atoms with Gasteiger partial charge < -0.3 is 5.73 Å². The lowest BCUT2D eigenvalue weighted by Crippen LogP contribution is -1.99. The van der Waals surface area contributed by atoms with Gasteiger partial charge in [0.05, 0.1) is 0 Å². The molecule has 2 heterocycles. The van der Waals surface area contributed by atoms with Crippen LogP contribution in [0.3, 0.4) is 0 Å². The molecule has 0 fully saturated rings. The fourth-order valence-corrected chi connectivity index (χ4v) is 1.04. The molecule has 0 aliphatic heterocycles. The van der Waals surface area contributed by atoms with Crippen molar-refractivity contribution in [1.29, 1.82) is 0 Å². The number of hydrogen-bond donors (Lipinski definition) is 1. The summed E-state index contributed by atoms with van der Waals surface area (Å²) in [5, 5.41) is 3.59. The number of hydrogen-bond acceptors (Lipinski definition) is 3. The van der Waals surface area contributed by atoms with Crippen LogP contribution in [0.15, 0.2) is 18.3 Å². The maximum absolute atomic E-state index is 12.2. The number of nitrogens with two attached hydrogens (primary N) is 1. The van der Waals surface area contributed by atoms with E-state index >= 15 is 0 Å². The highest BCUT2D eigenvalue weighted by molar-refractivity contribution is 5.46. The van der Waals surface area contributed by atoms with Crippen LogP contribution in [0.5, 0.6) is 0 Å². The van der Waals surface area contributed by atoms with Crippen LogP contribution in [-0.4, -0.2) is 14.6 Å². The number of alkyl halides is 2. The molecule has 0 aliphatic rings. The number of anilines is 1. The molecule has 13 heavy (non-hydrogen) atoms. The van der Waals surface area contributed by atoms with Crippen LogP contribution in [0.4, 0.5) is 14.6 Å². The second-order valence-electron chi connectivity index (χ2n) is 2.51. The van der Waals surface area contributed by atoms with E-state index in [4.69, 9.17) is 5.73 Å². The summed E-state index contributed by atoms with van der Waals surface area (Å²) in [6.45, 7) is 0. The molecule has 0 amide bonds. The fourth-order valence-electron chi connectivity index (χ4n) is 1.04. The van der Waals surface area contributed by atoms with Gasteiger partial charge in [0.2, 0.25) is 0 Å². The van der Waals surface area contributed by atoms with Gasteiger partial charge in [-0.1, -0.05) is 0 Å². The smallest absolute Gasteiger partial charge is 0.282 e. The molecule has 0 atom stereocenters. The predicted molar refractivity (Wildman–Crippen MR) is 42.4 cm³/mol. The third-order valence-corrected chi connectivity index (χ3v) is 1.63. The van der Waals surface area contributed by atoms with Gasteiger partial charge in [-0.05, 0) is 6.07 Å². The first-order valence-corrected chi connectivity index (χ1v) is 3.57. The highest BCUT2D eigenvalue weighted by atomic mass is 19.3. The van der Waals surface area contributed by atoms with Gasteiger partial charge in [-0.3, -0.25) is 0 Å². The summed E-state index contributed by atoms with van der Waals surface area (Å²) in [5.41, 5.74) is 5.50. The van der Waals surface area contributed by atoms with Gasteiger partial charge in [0.15, 0.2) is 5.65 Å². The van der Waals surface area contributed by atoms with E-state index in [0.29, 0.717) is 5.65 Å².